The molecule has 142 valence electrons. The lowest BCUT2D eigenvalue weighted by Gasteiger charge is -2.35. The second-order valence-corrected chi connectivity index (χ2v) is 9.39. The van der Waals surface area contributed by atoms with E-state index in [9.17, 15) is 0 Å². The lowest BCUT2D eigenvalue weighted by molar-refractivity contribution is 0.219. The van der Waals surface area contributed by atoms with Crippen LogP contribution in [0.3, 0.4) is 0 Å². The van der Waals surface area contributed by atoms with Gasteiger partial charge in [0.15, 0.2) is 0 Å². The van der Waals surface area contributed by atoms with Crippen LogP contribution in [0.5, 0.6) is 0 Å². The SMILES string of the molecule is CCCCC1CCC(C2=CCC(C3CCC(CCC)CC3)C=C2)CC1. The van der Waals surface area contributed by atoms with E-state index in [0.29, 0.717) is 0 Å². The van der Waals surface area contributed by atoms with Crippen molar-refractivity contribution in [3.8, 4) is 0 Å². The van der Waals surface area contributed by atoms with Crippen LogP contribution in [0.2, 0.25) is 0 Å². The van der Waals surface area contributed by atoms with Gasteiger partial charge in [-0.05, 0) is 80.1 Å². The molecule has 3 rings (SSSR count). The topological polar surface area (TPSA) is 0 Å². The monoisotopic (exact) mass is 342 g/mol. The molecule has 0 aromatic heterocycles. The third-order valence-corrected chi connectivity index (χ3v) is 7.64. The van der Waals surface area contributed by atoms with Crippen molar-refractivity contribution in [1.29, 1.82) is 0 Å². The molecule has 0 amide bonds. The number of rotatable bonds is 7. The molecule has 0 aromatic carbocycles. The van der Waals surface area contributed by atoms with E-state index in [1.54, 1.807) is 5.57 Å². The van der Waals surface area contributed by atoms with Gasteiger partial charge in [0.05, 0.1) is 0 Å². The highest BCUT2D eigenvalue weighted by atomic mass is 14.3. The van der Waals surface area contributed by atoms with Crippen molar-refractivity contribution >= 4 is 0 Å². The molecule has 2 fully saturated rings. The first-order chi connectivity index (χ1) is 12.3. The summed E-state index contributed by atoms with van der Waals surface area (Å²) in [6.07, 6.45) is 28.2. The van der Waals surface area contributed by atoms with E-state index in [2.05, 4.69) is 32.1 Å². The van der Waals surface area contributed by atoms with Gasteiger partial charge in [0.25, 0.3) is 0 Å². The van der Waals surface area contributed by atoms with Crippen molar-refractivity contribution in [2.75, 3.05) is 0 Å². The Bertz CT molecular complexity index is 427. The molecular formula is C25H42. The zero-order valence-electron chi connectivity index (χ0n) is 17.0. The molecule has 0 nitrogen and oxygen atoms in total. The fraction of sp³-hybridized carbons (Fsp3) is 0.840. The van der Waals surface area contributed by atoms with Crippen molar-refractivity contribution < 1.29 is 0 Å². The molecule has 0 aromatic rings. The number of unbranched alkanes of at least 4 members (excludes halogenated alkanes) is 1. The molecule has 0 bridgehead atoms. The van der Waals surface area contributed by atoms with Crippen LogP contribution >= 0.6 is 0 Å². The van der Waals surface area contributed by atoms with Crippen molar-refractivity contribution in [2.24, 2.45) is 29.6 Å². The third-order valence-electron chi connectivity index (χ3n) is 7.64. The summed E-state index contributed by atoms with van der Waals surface area (Å²) in [6.45, 7) is 4.68. The zero-order chi connectivity index (χ0) is 17.5. The predicted molar refractivity (Wildman–Crippen MR) is 111 cm³/mol. The predicted octanol–water partition coefficient (Wildman–Crippen LogP) is 8.09. The van der Waals surface area contributed by atoms with Crippen LogP contribution in [-0.2, 0) is 0 Å². The second-order valence-electron chi connectivity index (χ2n) is 9.39. The quantitative estimate of drug-likeness (QED) is 0.438. The van der Waals surface area contributed by atoms with Crippen LogP contribution in [0, 0.1) is 29.6 Å². The highest BCUT2D eigenvalue weighted by Crippen LogP contribution is 2.41. The lowest BCUT2D eigenvalue weighted by atomic mass is 9.71. The fourth-order valence-corrected chi connectivity index (χ4v) is 5.90. The van der Waals surface area contributed by atoms with Gasteiger partial charge in [0.2, 0.25) is 0 Å². The number of hydrogen-bond donors (Lipinski definition) is 0. The van der Waals surface area contributed by atoms with Gasteiger partial charge in [0, 0.05) is 0 Å². The van der Waals surface area contributed by atoms with E-state index in [0.717, 1.165) is 29.6 Å². The Morgan fingerprint density at radius 2 is 1.48 bits per heavy atom. The Labute approximate surface area is 157 Å². The summed E-state index contributed by atoms with van der Waals surface area (Å²) in [5, 5.41) is 0. The first-order valence-electron chi connectivity index (χ1n) is 11.7. The molecule has 25 heavy (non-hydrogen) atoms. The molecule has 1 unspecified atom stereocenters. The fourth-order valence-electron chi connectivity index (χ4n) is 5.90. The van der Waals surface area contributed by atoms with Crippen LogP contribution in [0.4, 0.5) is 0 Å². The van der Waals surface area contributed by atoms with Crippen molar-refractivity contribution in [3.05, 3.63) is 23.8 Å². The van der Waals surface area contributed by atoms with Crippen LogP contribution in [-0.4, -0.2) is 0 Å². The molecule has 0 saturated heterocycles. The van der Waals surface area contributed by atoms with E-state index in [-0.39, 0.29) is 0 Å². The van der Waals surface area contributed by atoms with Gasteiger partial charge >= 0.3 is 0 Å². The molecule has 1 atom stereocenters. The smallest absolute Gasteiger partial charge is 0.0165 e. The van der Waals surface area contributed by atoms with E-state index in [4.69, 9.17) is 0 Å². The Hall–Kier alpha value is -0.520. The van der Waals surface area contributed by atoms with Crippen molar-refractivity contribution in [2.45, 2.75) is 104 Å². The van der Waals surface area contributed by atoms with Gasteiger partial charge in [-0.1, -0.05) is 77.0 Å². The van der Waals surface area contributed by atoms with E-state index >= 15 is 0 Å². The van der Waals surface area contributed by atoms with E-state index in [1.807, 2.05) is 0 Å². The highest BCUT2D eigenvalue weighted by Gasteiger charge is 2.28. The summed E-state index contributed by atoms with van der Waals surface area (Å²) in [6, 6.07) is 0. The molecule has 0 N–H and O–H groups in total. The van der Waals surface area contributed by atoms with E-state index < -0.39 is 0 Å². The second kappa shape index (κ2) is 9.98. The molecule has 2 saturated carbocycles. The zero-order valence-corrected chi connectivity index (χ0v) is 17.0. The van der Waals surface area contributed by atoms with Gasteiger partial charge in [-0.25, -0.2) is 0 Å². The highest BCUT2D eigenvalue weighted by molar-refractivity contribution is 5.27. The standard InChI is InChI=1S/C25H42/c1-3-5-7-21-10-14-23(15-11-21)25-18-16-24(17-19-25)22-12-8-20(6-4-2)9-13-22/h16,18-24H,3-15,17H2,1-2H3. The van der Waals surface area contributed by atoms with Crippen LogP contribution in [0.1, 0.15) is 104 Å². The summed E-state index contributed by atoms with van der Waals surface area (Å²) in [5.41, 5.74) is 1.70. The molecule has 0 spiro atoms. The average molecular weight is 343 g/mol. The summed E-state index contributed by atoms with van der Waals surface area (Å²) in [4.78, 5) is 0. The molecule has 0 heterocycles. The van der Waals surface area contributed by atoms with Gasteiger partial charge < -0.3 is 0 Å². The van der Waals surface area contributed by atoms with Crippen LogP contribution in [0.25, 0.3) is 0 Å². The van der Waals surface area contributed by atoms with Crippen molar-refractivity contribution in [1.82, 2.24) is 0 Å². The molecule has 3 aliphatic carbocycles. The third kappa shape index (κ3) is 5.48. The Morgan fingerprint density at radius 1 is 0.800 bits per heavy atom. The Kier molecular flexibility index (Phi) is 7.68. The maximum Gasteiger partial charge on any atom is -0.0165 e. The first kappa shape index (κ1) is 19.2. The molecule has 0 heteroatoms. The van der Waals surface area contributed by atoms with Crippen LogP contribution in [0.15, 0.2) is 23.8 Å². The average Bonchev–Trinajstić information content (AvgIpc) is 2.68. The normalized spacial score (nSPS) is 36.2. The number of allylic oxidation sites excluding steroid dienone is 4. The first-order valence-corrected chi connectivity index (χ1v) is 11.7. The molecule has 0 radical (unpaired) electrons. The summed E-state index contributed by atoms with van der Waals surface area (Å²) in [5.74, 6) is 4.80. The van der Waals surface area contributed by atoms with Crippen molar-refractivity contribution in [3.63, 3.8) is 0 Å². The largest absolute Gasteiger partial charge is 0.0806 e. The minimum absolute atomic E-state index is 0.854. The maximum atomic E-state index is 2.64. The van der Waals surface area contributed by atoms with Gasteiger partial charge in [-0.3, -0.25) is 0 Å². The van der Waals surface area contributed by atoms with E-state index in [1.165, 1.54) is 89.9 Å². The summed E-state index contributed by atoms with van der Waals surface area (Å²) in [7, 11) is 0. The Balaban J connectivity index is 1.41. The maximum absolute atomic E-state index is 2.64. The molecule has 3 aliphatic rings. The summed E-state index contributed by atoms with van der Waals surface area (Å²) < 4.78 is 0. The lowest BCUT2D eigenvalue weighted by Crippen LogP contribution is -2.22. The molecular weight excluding hydrogens is 300 g/mol. The van der Waals surface area contributed by atoms with Gasteiger partial charge in [-0.2, -0.15) is 0 Å². The van der Waals surface area contributed by atoms with Gasteiger partial charge in [-0.15, -0.1) is 0 Å². The minimum Gasteiger partial charge on any atom is -0.0806 e. The summed E-state index contributed by atoms with van der Waals surface area (Å²) >= 11 is 0. The minimum atomic E-state index is 0.854. The van der Waals surface area contributed by atoms with Gasteiger partial charge in [0.1, 0.15) is 0 Å². The molecule has 0 aliphatic heterocycles. The Morgan fingerprint density at radius 3 is 2.08 bits per heavy atom. The number of hydrogen-bond acceptors (Lipinski definition) is 0. The van der Waals surface area contributed by atoms with Crippen LogP contribution < -0.4 is 0 Å².